The summed E-state index contributed by atoms with van der Waals surface area (Å²) in [5.74, 6) is 0.886. The van der Waals surface area contributed by atoms with Crippen molar-refractivity contribution in [2.75, 3.05) is 6.61 Å². The van der Waals surface area contributed by atoms with Crippen molar-refractivity contribution >= 4 is 32.7 Å². The van der Waals surface area contributed by atoms with Gasteiger partial charge in [-0.25, -0.2) is 0 Å². The average Bonchev–Trinajstić information content (AvgIpc) is 2.73. The Morgan fingerprint density at radius 3 is 2.45 bits per heavy atom. The molecule has 0 unspecified atom stereocenters. The van der Waals surface area contributed by atoms with Gasteiger partial charge in [-0.1, -0.05) is 58.4 Å². The van der Waals surface area contributed by atoms with Crippen molar-refractivity contribution in [1.29, 1.82) is 0 Å². The number of ether oxygens (including phenoxy) is 1. The number of carbonyl (C=O) groups excluding carboxylic acids is 1. The van der Waals surface area contributed by atoms with E-state index in [1.807, 2.05) is 42.5 Å². The van der Waals surface area contributed by atoms with E-state index in [0.29, 0.717) is 33.6 Å². The van der Waals surface area contributed by atoms with E-state index >= 15 is 0 Å². The number of aryl methyl sites for hydroxylation is 1. The van der Waals surface area contributed by atoms with E-state index in [0.717, 1.165) is 10.0 Å². The SMILES string of the molecule is Cc1oc2cc(OCC(=O)c3ccccc3)ccc2c(=O)c1-c1ccc(Br)cc1. The number of benzene rings is 3. The summed E-state index contributed by atoms with van der Waals surface area (Å²) in [6, 6.07) is 21.5. The van der Waals surface area contributed by atoms with Gasteiger partial charge in [0.05, 0.1) is 10.9 Å². The molecule has 1 heterocycles. The van der Waals surface area contributed by atoms with Crippen LogP contribution in [0.5, 0.6) is 5.75 Å². The van der Waals surface area contributed by atoms with Gasteiger partial charge in [0.1, 0.15) is 17.1 Å². The fraction of sp³-hybridized carbons (Fsp3) is 0.0833. The minimum absolute atomic E-state index is 0.0876. The molecular formula is C24H17BrO4. The molecule has 0 fully saturated rings. The number of hydrogen-bond acceptors (Lipinski definition) is 4. The zero-order valence-electron chi connectivity index (χ0n) is 15.6. The van der Waals surface area contributed by atoms with Crippen LogP contribution in [0.4, 0.5) is 0 Å². The van der Waals surface area contributed by atoms with E-state index in [9.17, 15) is 9.59 Å². The van der Waals surface area contributed by atoms with Gasteiger partial charge in [0.15, 0.2) is 12.4 Å². The number of carbonyl (C=O) groups is 1. The lowest BCUT2D eigenvalue weighted by Gasteiger charge is -2.09. The highest BCUT2D eigenvalue weighted by Gasteiger charge is 2.14. The molecule has 0 aliphatic heterocycles. The van der Waals surface area contributed by atoms with Crippen LogP contribution in [0.25, 0.3) is 22.1 Å². The molecule has 0 N–H and O–H groups in total. The maximum absolute atomic E-state index is 13.0. The standard InChI is InChI=1S/C24H17BrO4/c1-15-23(17-7-9-18(25)10-8-17)24(27)20-12-11-19(13-22(20)29-15)28-14-21(26)16-5-3-2-4-6-16/h2-13H,14H2,1H3. The second-order valence-corrected chi connectivity index (χ2v) is 7.52. The van der Waals surface area contributed by atoms with E-state index in [1.165, 1.54) is 0 Å². The monoisotopic (exact) mass is 448 g/mol. The quantitative estimate of drug-likeness (QED) is 0.362. The Bertz CT molecular complexity index is 1240. The first-order valence-electron chi connectivity index (χ1n) is 9.07. The van der Waals surface area contributed by atoms with Crippen LogP contribution in [-0.4, -0.2) is 12.4 Å². The summed E-state index contributed by atoms with van der Waals surface area (Å²) in [5, 5.41) is 0.468. The van der Waals surface area contributed by atoms with E-state index in [2.05, 4.69) is 15.9 Å². The molecule has 4 nitrogen and oxygen atoms in total. The highest BCUT2D eigenvalue weighted by Crippen LogP contribution is 2.27. The maximum Gasteiger partial charge on any atom is 0.200 e. The molecule has 0 saturated heterocycles. The number of ketones is 1. The van der Waals surface area contributed by atoms with Gasteiger partial charge in [-0.15, -0.1) is 0 Å². The van der Waals surface area contributed by atoms with Crippen molar-refractivity contribution in [2.24, 2.45) is 0 Å². The van der Waals surface area contributed by atoms with Crippen LogP contribution in [-0.2, 0) is 0 Å². The minimum atomic E-state index is -0.117. The summed E-state index contributed by atoms with van der Waals surface area (Å²) in [6.45, 7) is 1.68. The molecule has 29 heavy (non-hydrogen) atoms. The zero-order chi connectivity index (χ0) is 20.4. The van der Waals surface area contributed by atoms with Gasteiger partial charge < -0.3 is 9.15 Å². The first-order chi connectivity index (χ1) is 14.0. The molecule has 0 amide bonds. The Morgan fingerprint density at radius 2 is 1.72 bits per heavy atom. The first kappa shape index (κ1) is 19.2. The number of hydrogen-bond donors (Lipinski definition) is 0. The number of rotatable bonds is 5. The molecule has 4 rings (SSSR count). The molecule has 0 saturated carbocycles. The summed E-state index contributed by atoms with van der Waals surface area (Å²) < 4.78 is 12.5. The van der Waals surface area contributed by atoms with Gasteiger partial charge in [0.25, 0.3) is 0 Å². The molecule has 0 spiro atoms. The highest BCUT2D eigenvalue weighted by atomic mass is 79.9. The Morgan fingerprint density at radius 1 is 1.00 bits per heavy atom. The van der Waals surface area contributed by atoms with E-state index in [1.54, 1.807) is 37.3 Å². The van der Waals surface area contributed by atoms with Gasteiger partial charge in [0, 0.05) is 16.1 Å². The second kappa shape index (κ2) is 8.05. The normalized spacial score (nSPS) is 10.8. The van der Waals surface area contributed by atoms with Gasteiger partial charge in [-0.05, 0) is 36.8 Å². The summed E-state index contributed by atoms with van der Waals surface area (Å²) in [5.41, 5.74) is 2.26. The van der Waals surface area contributed by atoms with Gasteiger partial charge >= 0.3 is 0 Å². The molecule has 0 bridgehead atoms. The molecule has 4 aromatic rings. The smallest absolute Gasteiger partial charge is 0.200 e. The molecule has 5 heteroatoms. The van der Waals surface area contributed by atoms with E-state index in [-0.39, 0.29) is 17.8 Å². The molecule has 0 atom stereocenters. The van der Waals surface area contributed by atoms with Crippen molar-refractivity contribution in [3.8, 4) is 16.9 Å². The number of halogens is 1. The summed E-state index contributed by atoms with van der Waals surface area (Å²) in [4.78, 5) is 25.2. The average molecular weight is 449 g/mol. The molecule has 0 radical (unpaired) electrons. The Balaban J connectivity index is 1.63. The van der Waals surface area contributed by atoms with E-state index < -0.39 is 0 Å². The predicted molar refractivity (Wildman–Crippen MR) is 117 cm³/mol. The molecular weight excluding hydrogens is 432 g/mol. The van der Waals surface area contributed by atoms with Gasteiger partial charge in [-0.3, -0.25) is 9.59 Å². The lowest BCUT2D eigenvalue weighted by atomic mass is 10.0. The first-order valence-corrected chi connectivity index (χ1v) is 9.86. The zero-order valence-corrected chi connectivity index (χ0v) is 17.2. The van der Waals surface area contributed by atoms with Crippen LogP contribution >= 0.6 is 15.9 Å². The van der Waals surface area contributed by atoms with Crippen LogP contribution in [0, 0.1) is 6.92 Å². The van der Waals surface area contributed by atoms with Crippen LogP contribution < -0.4 is 10.2 Å². The van der Waals surface area contributed by atoms with Crippen LogP contribution in [0.15, 0.2) is 86.5 Å². The van der Waals surface area contributed by atoms with Crippen molar-refractivity contribution in [1.82, 2.24) is 0 Å². The third kappa shape index (κ3) is 4.00. The summed E-state index contributed by atoms with van der Waals surface area (Å²) in [7, 11) is 0. The fourth-order valence-corrected chi connectivity index (χ4v) is 3.45. The number of fused-ring (bicyclic) bond motifs is 1. The molecule has 3 aromatic carbocycles. The lowest BCUT2D eigenvalue weighted by Crippen LogP contribution is -2.12. The maximum atomic E-state index is 13.0. The van der Waals surface area contributed by atoms with Crippen molar-refractivity contribution in [3.05, 3.63) is 98.8 Å². The van der Waals surface area contributed by atoms with Crippen molar-refractivity contribution in [2.45, 2.75) is 6.92 Å². The fourth-order valence-electron chi connectivity index (χ4n) is 3.18. The summed E-state index contributed by atoms with van der Waals surface area (Å²) in [6.07, 6.45) is 0. The topological polar surface area (TPSA) is 56.5 Å². The lowest BCUT2D eigenvalue weighted by molar-refractivity contribution is 0.0921. The van der Waals surface area contributed by atoms with Crippen molar-refractivity contribution in [3.63, 3.8) is 0 Å². The van der Waals surface area contributed by atoms with Crippen molar-refractivity contribution < 1.29 is 13.9 Å². The predicted octanol–water partition coefficient (Wildman–Crippen LogP) is 5.79. The van der Waals surface area contributed by atoms with E-state index in [4.69, 9.17) is 9.15 Å². The number of Topliss-reactive ketones (excluding diaryl/α,β-unsaturated/α-hetero) is 1. The Hall–Kier alpha value is -3.18. The van der Waals surface area contributed by atoms with Gasteiger partial charge in [-0.2, -0.15) is 0 Å². The minimum Gasteiger partial charge on any atom is -0.485 e. The largest absolute Gasteiger partial charge is 0.485 e. The Labute approximate surface area is 175 Å². The highest BCUT2D eigenvalue weighted by molar-refractivity contribution is 9.10. The Kier molecular flexibility index (Phi) is 5.32. The van der Waals surface area contributed by atoms with Crippen LogP contribution in [0.3, 0.4) is 0 Å². The molecule has 1 aromatic heterocycles. The third-order valence-electron chi connectivity index (χ3n) is 4.64. The molecule has 0 aliphatic rings. The third-order valence-corrected chi connectivity index (χ3v) is 5.17. The van der Waals surface area contributed by atoms with Crippen LogP contribution in [0.2, 0.25) is 0 Å². The molecule has 0 aliphatic carbocycles. The second-order valence-electron chi connectivity index (χ2n) is 6.61. The van der Waals surface area contributed by atoms with Gasteiger partial charge in [0.2, 0.25) is 5.43 Å². The molecule has 144 valence electrons. The van der Waals surface area contributed by atoms with Crippen LogP contribution in [0.1, 0.15) is 16.1 Å². The summed E-state index contributed by atoms with van der Waals surface area (Å²) >= 11 is 3.40.